The van der Waals surface area contributed by atoms with E-state index in [1.165, 1.54) is 11.3 Å². The molecule has 0 aliphatic heterocycles. The van der Waals surface area contributed by atoms with Gasteiger partial charge in [0.2, 0.25) is 0 Å². The molecule has 0 fully saturated rings. The lowest BCUT2D eigenvalue weighted by molar-refractivity contribution is 0.412. The Morgan fingerprint density at radius 3 is 2.79 bits per heavy atom. The van der Waals surface area contributed by atoms with Gasteiger partial charge in [-0.1, -0.05) is 17.3 Å². The molecule has 1 aromatic heterocycles. The molecule has 0 aliphatic rings. The van der Waals surface area contributed by atoms with E-state index in [9.17, 15) is 0 Å². The van der Waals surface area contributed by atoms with Crippen LogP contribution in [-0.2, 0) is 6.54 Å². The molecule has 24 heavy (non-hydrogen) atoms. The van der Waals surface area contributed by atoms with Gasteiger partial charge in [0.1, 0.15) is 12.0 Å². The summed E-state index contributed by atoms with van der Waals surface area (Å²) >= 11 is 0. The maximum absolute atomic E-state index is 4.83. The Morgan fingerprint density at radius 2 is 2.12 bits per heavy atom. The summed E-state index contributed by atoms with van der Waals surface area (Å²) < 4.78 is 4.83. The zero-order valence-corrected chi connectivity index (χ0v) is 14.7. The van der Waals surface area contributed by atoms with E-state index in [0.717, 1.165) is 37.8 Å². The summed E-state index contributed by atoms with van der Waals surface area (Å²) in [6, 6.07) is 10.4. The van der Waals surface area contributed by atoms with Crippen molar-refractivity contribution in [2.24, 2.45) is 4.99 Å². The number of aliphatic imine (C=N–C) groups is 1. The highest BCUT2D eigenvalue weighted by Crippen LogP contribution is 2.14. The minimum absolute atomic E-state index is 0.501. The van der Waals surface area contributed by atoms with E-state index in [1.807, 2.05) is 6.07 Å². The van der Waals surface area contributed by atoms with Crippen LogP contribution in [0.1, 0.15) is 25.1 Å². The van der Waals surface area contributed by atoms with E-state index in [-0.39, 0.29) is 0 Å². The van der Waals surface area contributed by atoms with Crippen LogP contribution in [0.2, 0.25) is 0 Å². The summed E-state index contributed by atoms with van der Waals surface area (Å²) in [7, 11) is 0. The van der Waals surface area contributed by atoms with E-state index in [1.54, 1.807) is 6.26 Å². The minimum Gasteiger partial charge on any atom is -0.370 e. The van der Waals surface area contributed by atoms with Crippen LogP contribution in [0, 0.1) is 6.92 Å². The van der Waals surface area contributed by atoms with Crippen molar-refractivity contribution < 1.29 is 4.52 Å². The molecule has 6 heteroatoms. The van der Waals surface area contributed by atoms with Crippen LogP contribution in [0.5, 0.6) is 0 Å². The van der Waals surface area contributed by atoms with Gasteiger partial charge in [0.25, 0.3) is 0 Å². The van der Waals surface area contributed by atoms with Gasteiger partial charge in [0, 0.05) is 37.9 Å². The summed E-state index contributed by atoms with van der Waals surface area (Å²) in [6.07, 6.45) is 1.56. The topological polar surface area (TPSA) is 65.7 Å². The molecule has 1 heterocycles. The first kappa shape index (κ1) is 17.8. The molecule has 0 aliphatic carbocycles. The number of hydrogen-bond donors (Lipinski definition) is 2. The first-order chi connectivity index (χ1) is 11.7. The van der Waals surface area contributed by atoms with Crippen molar-refractivity contribution in [3.05, 3.63) is 47.9 Å². The molecular weight excluding hydrogens is 302 g/mol. The van der Waals surface area contributed by atoms with Crippen LogP contribution >= 0.6 is 0 Å². The average Bonchev–Trinajstić information content (AvgIpc) is 3.10. The van der Waals surface area contributed by atoms with Crippen molar-refractivity contribution in [3.8, 4) is 0 Å². The van der Waals surface area contributed by atoms with Gasteiger partial charge in [-0.25, -0.2) is 4.99 Å². The van der Waals surface area contributed by atoms with Crippen molar-refractivity contribution >= 4 is 11.6 Å². The zero-order chi connectivity index (χ0) is 17.2. The van der Waals surface area contributed by atoms with Crippen LogP contribution in [0.4, 0.5) is 5.69 Å². The maximum atomic E-state index is 4.83. The molecule has 1 aromatic carbocycles. The van der Waals surface area contributed by atoms with Crippen molar-refractivity contribution in [2.75, 3.05) is 31.1 Å². The van der Waals surface area contributed by atoms with Crippen LogP contribution in [-0.4, -0.2) is 37.3 Å². The molecule has 0 unspecified atom stereocenters. The third-order valence-electron chi connectivity index (χ3n) is 3.66. The van der Waals surface area contributed by atoms with Gasteiger partial charge in [-0.05, 0) is 38.5 Å². The Morgan fingerprint density at radius 1 is 1.25 bits per heavy atom. The lowest BCUT2D eigenvalue weighted by Crippen LogP contribution is -2.41. The maximum Gasteiger partial charge on any atom is 0.191 e. The van der Waals surface area contributed by atoms with E-state index in [2.05, 4.69) is 70.7 Å². The second kappa shape index (κ2) is 9.60. The first-order valence-electron chi connectivity index (χ1n) is 8.46. The van der Waals surface area contributed by atoms with E-state index >= 15 is 0 Å². The molecule has 0 radical (unpaired) electrons. The van der Waals surface area contributed by atoms with Crippen LogP contribution < -0.4 is 15.5 Å². The summed E-state index contributed by atoms with van der Waals surface area (Å²) in [4.78, 5) is 6.87. The fourth-order valence-corrected chi connectivity index (χ4v) is 2.42. The van der Waals surface area contributed by atoms with Crippen molar-refractivity contribution in [1.29, 1.82) is 0 Å². The predicted octanol–water partition coefficient (Wildman–Crippen LogP) is 2.56. The van der Waals surface area contributed by atoms with Crippen molar-refractivity contribution in [3.63, 3.8) is 0 Å². The normalized spacial score (nSPS) is 11.4. The average molecular weight is 329 g/mol. The molecular formula is C18H27N5O. The summed E-state index contributed by atoms with van der Waals surface area (Å²) in [6.45, 7) is 10.4. The standard InChI is InChI=1S/C18H27N5O/c1-4-19-18(21-14-16-9-12-24-22-16)20-10-11-23(5-2)17-8-6-7-15(3)13-17/h6-9,12-13H,4-5,10-11,14H2,1-3H3,(H2,19,20,21). The molecule has 0 amide bonds. The lowest BCUT2D eigenvalue weighted by atomic mass is 10.2. The molecule has 6 nitrogen and oxygen atoms in total. The third-order valence-corrected chi connectivity index (χ3v) is 3.66. The Balaban J connectivity index is 1.87. The van der Waals surface area contributed by atoms with E-state index < -0.39 is 0 Å². The smallest absolute Gasteiger partial charge is 0.191 e. The molecule has 0 spiro atoms. The lowest BCUT2D eigenvalue weighted by Gasteiger charge is -2.24. The van der Waals surface area contributed by atoms with Gasteiger partial charge in [0.15, 0.2) is 5.96 Å². The SMILES string of the molecule is CCNC(=NCc1ccon1)NCCN(CC)c1cccc(C)c1. The number of rotatable bonds is 8. The fraction of sp³-hybridized carbons (Fsp3) is 0.444. The van der Waals surface area contributed by atoms with Gasteiger partial charge in [0.05, 0.1) is 6.54 Å². The van der Waals surface area contributed by atoms with E-state index in [4.69, 9.17) is 4.52 Å². The van der Waals surface area contributed by atoms with Crippen LogP contribution in [0.3, 0.4) is 0 Å². The summed E-state index contributed by atoms with van der Waals surface area (Å²) in [5.74, 6) is 0.792. The minimum atomic E-state index is 0.501. The molecule has 0 atom stereocenters. The number of aromatic nitrogens is 1. The highest BCUT2D eigenvalue weighted by Gasteiger charge is 2.05. The number of likely N-dealkylation sites (N-methyl/N-ethyl adjacent to an activating group) is 1. The largest absolute Gasteiger partial charge is 0.370 e. The van der Waals surface area contributed by atoms with Crippen LogP contribution in [0.25, 0.3) is 0 Å². The molecule has 0 saturated carbocycles. The number of benzene rings is 1. The highest BCUT2D eigenvalue weighted by molar-refractivity contribution is 5.79. The Hall–Kier alpha value is -2.50. The molecule has 2 rings (SSSR count). The number of nitrogens with one attached hydrogen (secondary N) is 2. The highest BCUT2D eigenvalue weighted by atomic mass is 16.5. The molecule has 2 N–H and O–H groups in total. The fourth-order valence-electron chi connectivity index (χ4n) is 2.42. The zero-order valence-electron chi connectivity index (χ0n) is 14.7. The van der Waals surface area contributed by atoms with Gasteiger partial charge in [-0.3, -0.25) is 0 Å². The Kier molecular flexibility index (Phi) is 7.14. The van der Waals surface area contributed by atoms with Gasteiger partial charge >= 0.3 is 0 Å². The Labute approximate surface area is 143 Å². The second-order valence-corrected chi connectivity index (χ2v) is 5.53. The van der Waals surface area contributed by atoms with Gasteiger partial charge in [-0.2, -0.15) is 0 Å². The van der Waals surface area contributed by atoms with Crippen LogP contribution in [0.15, 0.2) is 46.1 Å². The van der Waals surface area contributed by atoms with Crippen molar-refractivity contribution in [1.82, 2.24) is 15.8 Å². The molecule has 0 saturated heterocycles. The number of nitrogens with zero attached hydrogens (tertiary/aromatic N) is 3. The third kappa shape index (κ3) is 5.61. The van der Waals surface area contributed by atoms with Gasteiger partial charge in [-0.15, -0.1) is 0 Å². The molecule has 0 bridgehead atoms. The first-order valence-corrected chi connectivity index (χ1v) is 8.46. The predicted molar refractivity (Wildman–Crippen MR) is 98.4 cm³/mol. The summed E-state index contributed by atoms with van der Waals surface area (Å²) in [5, 5.41) is 10.5. The van der Waals surface area contributed by atoms with Gasteiger partial charge < -0.3 is 20.1 Å². The number of anilines is 1. The molecule has 2 aromatic rings. The number of aryl methyl sites for hydroxylation is 1. The Bertz CT molecular complexity index is 624. The number of guanidine groups is 1. The quantitative estimate of drug-likeness (QED) is 0.575. The van der Waals surface area contributed by atoms with E-state index in [0.29, 0.717) is 6.54 Å². The monoisotopic (exact) mass is 329 g/mol. The molecule has 130 valence electrons. The second-order valence-electron chi connectivity index (χ2n) is 5.53. The summed E-state index contributed by atoms with van der Waals surface area (Å²) in [5.41, 5.74) is 3.35. The number of hydrogen-bond acceptors (Lipinski definition) is 4. The van der Waals surface area contributed by atoms with Crippen molar-refractivity contribution in [2.45, 2.75) is 27.3 Å².